The van der Waals surface area contributed by atoms with Gasteiger partial charge >= 0.3 is 5.97 Å². The van der Waals surface area contributed by atoms with Gasteiger partial charge in [-0.3, -0.25) is 19.5 Å². The van der Waals surface area contributed by atoms with Gasteiger partial charge < -0.3 is 9.84 Å². The first-order chi connectivity index (χ1) is 16.9. The molecule has 8 heteroatoms. The molecular formula is C27H27ClN2O4S. The summed E-state index contributed by atoms with van der Waals surface area (Å²) in [6, 6.07) is 7.38. The summed E-state index contributed by atoms with van der Waals surface area (Å²) in [4.78, 5) is 31.4. The number of benzene rings is 1. The number of methoxy groups -OCH3 is 1. The van der Waals surface area contributed by atoms with Gasteiger partial charge in [0.2, 0.25) is 0 Å². The molecule has 0 aliphatic carbocycles. The van der Waals surface area contributed by atoms with Crippen molar-refractivity contribution >= 4 is 45.6 Å². The highest BCUT2D eigenvalue weighted by Crippen LogP contribution is 2.33. The number of aliphatic carboxylic acids is 1. The highest BCUT2D eigenvalue weighted by atomic mass is 35.5. The molecule has 1 aromatic carbocycles. The van der Waals surface area contributed by atoms with Crippen LogP contribution in [0.5, 0.6) is 5.75 Å². The lowest BCUT2D eigenvalue weighted by Gasteiger charge is -2.37. The quantitative estimate of drug-likeness (QED) is 0.323. The van der Waals surface area contributed by atoms with Crippen molar-refractivity contribution in [2.24, 2.45) is 11.8 Å². The summed E-state index contributed by atoms with van der Waals surface area (Å²) < 4.78 is 5.31. The first-order valence-electron chi connectivity index (χ1n) is 11.5. The van der Waals surface area contributed by atoms with E-state index in [1.807, 2.05) is 16.8 Å². The SMILES string of the molecule is COc1ccc2ncc(Cl)c(C(=O)CCC3CCN(CC#Cc4ccsc4)CC3CC(=O)O)c2c1. The summed E-state index contributed by atoms with van der Waals surface area (Å²) in [5.41, 5.74) is 2.14. The summed E-state index contributed by atoms with van der Waals surface area (Å²) in [5.74, 6) is 6.24. The molecule has 1 aliphatic heterocycles. The number of piperidine rings is 1. The molecule has 1 aliphatic rings. The van der Waals surface area contributed by atoms with Gasteiger partial charge in [-0.1, -0.05) is 23.4 Å². The minimum Gasteiger partial charge on any atom is -0.497 e. The van der Waals surface area contributed by atoms with Crippen molar-refractivity contribution in [1.82, 2.24) is 9.88 Å². The van der Waals surface area contributed by atoms with E-state index in [4.69, 9.17) is 16.3 Å². The number of carbonyl (C=O) groups is 2. The van der Waals surface area contributed by atoms with Gasteiger partial charge in [-0.2, -0.15) is 11.3 Å². The van der Waals surface area contributed by atoms with Crippen molar-refractivity contribution < 1.29 is 19.4 Å². The van der Waals surface area contributed by atoms with Crippen LogP contribution in [0.25, 0.3) is 10.9 Å². The Balaban J connectivity index is 1.43. The summed E-state index contributed by atoms with van der Waals surface area (Å²) in [6.07, 6.45) is 3.35. The largest absolute Gasteiger partial charge is 0.497 e. The molecule has 35 heavy (non-hydrogen) atoms. The maximum absolute atomic E-state index is 13.3. The average molecular weight is 511 g/mol. The number of aromatic nitrogens is 1. The molecule has 0 amide bonds. The highest BCUT2D eigenvalue weighted by molar-refractivity contribution is 7.08. The van der Waals surface area contributed by atoms with Crippen molar-refractivity contribution in [2.45, 2.75) is 25.7 Å². The van der Waals surface area contributed by atoms with Crippen LogP contribution in [0, 0.1) is 23.7 Å². The zero-order chi connectivity index (χ0) is 24.8. The molecule has 0 spiro atoms. The van der Waals surface area contributed by atoms with Crippen LogP contribution in [0.2, 0.25) is 5.02 Å². The van der Waals surface area contributed by atoms with E-state index in [1.54, 1.807) is 36.6 Å². The van der Waals surface area contributed by atoms with Crippen molar-refractivity contribution in [3.8, 4) is 17.6 Å². The molecule has 6 nitrogen and oxygen atoms in total. The van der Waals surface area contributed by atoms with Crippen molar-refractivity contribution in [3.05, 3.63) is 57.4 Å². The first kappa shape index (κ1) is 25.2. The van der Waals surface area contributed by atoms with Crippen LogP contribution in [0.1, 0.15) is 41.6 Å². The number of pyridine rings is 1. The second-order valence-corrected chi connectivity index (χ2v) is 9.97. The molecule has 182 valence electrons. The van der Waals surface area contributed by atoms with Crippen molar-refractivity contribution in [2.75, 3.05) is 26.7 Å². The number of rotatable bonds is 8. The Hall–Kier alpha value is -2.92. The van der Waals surface area contributed by atoms with E-state index in [0.717, 1.165) is 18.5 Å². The number of likely N-dealkylation sites (tertiary alicyclic amines) is 1. The summed E-state index contributed by atoms with van der Waals surface area (Å²) in [7, 11) is 1.57. The molecule has 0 radical (unpaired) electrons. The fourth-order valence-corrected chi connectivity index (χ4v) is 5.57. The number of carbonyl (C=O) groups excluding carboxylic acids is 1. The van der Waals surface area contributed by atoms with Crippen molar-refractivity contribution in [3.63, 3.8) is 0 Å². The van der Waals surface area contributed by atoms with Crippen LogP contribution in [-0.2, 0) is 4.79 Å². The minimum absolute atomic E-state index is 0.0262. The molecule has 3 aromatic rings. The Morgan fingerprint density at radius 1 is 1.31 bits per heavy atom. The number of thiophene rings is 1. The molecule has 1 N–H and O–H groups in total. The smallest absolute Gasteiger partial charge is 0.303 e. The molecule has 4 rings (SSSR count). The Morgan fingerprint density at radius 2 is 2.17 bits per heavy atom. The van der Waals surface area contributed by atoms with Crippen LogP contribution in [0.3, 0.4) is 0 Å². The van der Waals surface area contributed by atoms with Gasteiger partial charge in [-0.05, 0) is 60.9 Å². The van der Waals surface area contributed by atoms with E-state index in [1.165, 1.54) is 6.20 Å². The molecule has 3 heterocycles. The van der Waals surface area contributed by atoms with Crippen LogP contribution in [0.4, 0.5) is 0 Å². The zero-order valence-electron chi connectivity index (χ0n) is 19.5. The number of halogens is 1. The van der Waals surface area contributed by atoms with Gasteiger partial charge in [0.1, 0.15) is 5.75 Å². The maximum atomic E-state index is 13.3. The third-order valence-electron chi connectivity index (χ3n) is 6.52. The number of ketones is 1. The molecular weight excluding hydrogens is 484 g/mol. The molecule has 1 saturated heterocycles. The predicted molar refractivity (Wildman–Crippen MR) is 138 cm³/mol. The third kappa shape index (κ3) is 6.40. The second-order valence-electron chi connectivity index (χ2n) is 8.78. The number of hydrogen-bond donors (Lipinski definition) is 1. The topological polar surface area (TPSA) is 79.7 Å². The first-order valence-corrected chi connectivity index (χ1v) is 12.9. The predicted octanol–water partition coefficient (Wildman–Crippen LogP) is 5.39. The molecule has 0 saturated carbocycles. The summed E-state index contributed by atoms with van der Waals surface area (Å²) in [6.45, 7) is 2.11. The van der Waals surface area contributed by atoms with E-state index in [-0.39, 0.29) is 24.0 Å². The molecule has 2 aromatic heterocycles. The van der Waals surface area contributed by atoms with Crippen molar-refractivity contribution in [1.29, 1.82) is 0 Å². The highest BCUT2D eigenvalue weighted by Gasteiger charge is 2.31. The van der Waals surface area contributed by atoms with Crippen LogP contribution in [-0.4, -0.2) is 53.5 Å². The molecule has 2 atom stereocenters. The van der Waals surface area contributed by atoms with Gasteiger partial charge in [0.05, 0.1) is 24.2 Å². The Labute approximate surface area is 213 Å². The maximum Gasteiger partial charge on any atom is 0.303 e. The fourth-order valence-electron chi connectivity index (χ4n) is 4.72. The number of hydrogen-bond acceptors (Lipinski definition) is 6. The van der Waals surface area contributed by atoms with Gasteiger partial charge in [-0.25, -0.2) is 0 Å². The lowest BCUT2D eigenvalue weighted by Crippen LogP contribution is -2.41. The van der Waals surface area contributed by atoms with Gasteiger partial charge in [0.25, 0.3) is 0 Å². The normalized spacial score (nSPS) is 18.1. The van der Waals surface area contributed by atoms with Gasteiger partial charge in [0, 0.05) is 47.5 Å². The van der Waals surface area contributed by atoms with Crippen LogP contribution in [0.15, 0.2) is 41.2 Å². The second kappa shape index (κ2) is 11.7. The third-order valence-corrected chi connectivity index (χ3v) is 7.49. The number of nitrogens with zero attached hydrogens (tertiary/aromatic N) is 2. The minimum atomic E-state index is -0.812. The zero-order valence-corrected chi connectivity index (χ0v) is 21.1. The fraction of sp³-hybridized carbons (Fsp3) is 0.370. The Kier molecular flexibility index (Phi) is 8.40. The lowest BCUT2D eigenvalue weighted by molar-refractivity contribution is -0.139. The standard InChI is InChI=1S/C27H27ClN2O4S/c1-34-21-5-6-24-22(14-21)27(23(28)15-29-24)25(31)7-4-19-8-11-30(16-20(19)13-26(32)33)10-2-3-18-9-12-35-17-18/h5-6,9,12,14-15,17,19-20H,4,7-8,10-11,13,16H2,1H3,(H,32,33). The van der Waals surface area contributed by atoms with Crippen LogP contribution < -0.4 is 4.74 Å². The molecule has 2 unspecified atom stereocenters. The number of Topliss-reactive ketones (excluding diaryl/α,β-unsaturated/α-hetero) is 1. The van der Waals surface area contributed by atoms with Gasteiger partial charge in [0.15, 0.2) is 5.78 Å². The molecule has 1 fully saturated rings. The number of carboxylic acid groups (broad SMARTS) is 1. The number of carboxylic acids is 1. The van der Waals surface area contributed by atoms with E-state index in [9.17, 15) is 14.7 Å². The van der Waals surface area contributed by atoms with E-state index >= 15 is 0 Å². The molecule has 0 bridgehead atoms. The monoisotopic (exact) mass is 510 g/mol. The Bertz CT molecular complexity index is 1270. The average Bonchev–Trinajstić information content (AvgIpc) is 3.36. The summed E-state index contributed by atoms with van der Waals surface area (Å²) >= 11 is 8.01. The van der Waals surface area contributed by atoms with E-state index < -0.39 is 5.97 Å². The van der Waals surface area contributed by atoms with E-state index in [0.29, 0.717) is 53.2 Å². The number of ether oxygens (including phenoxy) is 1. The van der Waals surface area contributed by atoms with E-state index in [2.05, 4.69) is 21.7 Å². The lowest BCUT2D eigenvalue weighted by atomic mass is 9.79. The van der Waals surface area contributed by atoms with Gasteiger partial charge in [-0.15, -0.1) is 0 Å². The number of fused-ring (bicyclic) bond motifs is 1. The summed E-state index contributed by atoms with van der Waals surface area (Å²) in [5, 5.41) is 14.5. The van der Waals surface area contributed by atoms with Crippen LogP contribution >= 0.6 is 22.9 Å². The Morgan fingerprint density at radius 3 is 2.91 bits per heavy atom.